The quantitative estimate of drug-likeness (QED) is 0.407. The molecule has 7 nitrogen and oxygen atoms in total. The molecule has 0 unspecified atom stereocenters. The largest absolute Gasteiger partial charge is 0.395 e. The molecule has 0 saturated carbocycles. The van der Waals surface area contributed by atoms with E-state index in [2.05, 4.69) is 17.1 Å². The maximum atomic E-state index is 11.8. The maximum absolute atomic E-state index is 11.8. The van der Waals surface area contributed by atoms with Crippen molar-refractivity contribution in [1.82, 2.24) is 10.2 Å². The fourth-order valence-electron chi connectivity index (χ4n) is 4.98. The van der Waals surface area contributed by atoms with Gasteiger partial charge < -0.3 is 25.0 Å². The number of nitrogens with one attached hydrogen (secondary N) is 1. The number of carbonyl (C=O) groups excluding carboxylic acids is 1. The molecule has 0 aliphatic carbocycles. The molecule has 202 valence electrons. The lowest BCUT2D eigenvalue weighted by atomic mass is 9.90. The Morgan fingerprint density at radius 3 is 2.30 bits per heavy atom. The summed E-state index contributed by atoms with van der Waals surface area (Å²) in [4.78, 5) is 14.1. The molecule has 2 aliphatic rings. The summed E-state index contributed by atoms with van der Waals surface area (Å²) in [6, 6.07) is 15.5. The standard InChI is InChI=1S/C27H33Cl3N2O5/c1-17-23(14-32-12-2-3-22(32)16-34)36-25(37-24(17)20-8-6-19(15-33)7-9-20)21-10-4-18(5-11-21)13-31-26(35)27(28,29)30/h4-11,17,22-25,33-34H,2-3,12-16H2,1H3,(H,31,35)/t17-,22+,23+,24+,25+/m1/s1. The molecule has 0 bridgehead atoms. The number of hydrogen-bond acceptors (Lipinski definition) is 6. The Bertz CT molecular complexity index is 1030. The fraction of sp³-hybridized carbons (Fsp3) is 0.519. The van der Waals surface area contributed by atoms with Crippen LogP contribution in [0.15, 0.2) is 48.5 Å². The predicted octanol–water partition coefficient (Wildman–Crippen LogP) is 4.41. The van der Waals surface area contributed by atoms with Crippen LogP contribution in [0.2, 0.25) is 0 Å². The van der Waals surface area contributed by atoms with Crippen molar-refractivity contribution in [3.8, 4) is 0 Å². The van der Waals surface area contributed by atoms with Crippen molar-refractivity contribution in [2.45, 2.75) is 61.2 Å². The van der Waals surface area contributed by atoms with Gasteiger partial charge in [0, 0.05) is 30.6 Å². The molecule has 2 aromatic rings. The smallest absolute Gasteiger partial charge is 0.272 e. The molecule has 4 rings (SSSR count). The summed E-state index contributed by atoms with van der Waals surface area (Å²) in [5.74, 6) is -0.622. The van der Waals surface area contributed by atoms with Crippen LogP contribution in [-0.2, 0) is 27.4 Å². The molecule has 0 aromatic heterocycles. The zero-order valence-electron chi connectivity index (χ0n) is 20.7. The zero-order valence-corrected chi connectivity index (χ0v) is 22.9. The highest BCUT2D eigenvalue weighted by Gasteiger charge is 2.40. The van der Waals surface area contributed by atoms with E-state index in [1.807, 2.05) is 48.5 Å². The van der Waals surface area contributed by atoms with Crippen molar-refractivity contribution in [3.05, 3.63) is 70.8 Å². The fourth-order valence-corrected chi connectivity index (χ4v) is 5.18. The number of carbonyl (C=O) groups is 1. The van der Waals surface area contributed by atoms with Crippen LogP contribution in [0.3, 0.4) is 0 Å². The first-order valence-electron chi connectivity index (χ1n) is 12.5. The minimum atomic E-state index is -2.01. The van der Waals surface area contributed by atoms with E-state index in [0.29, 0.717) is 6.54 Å². The third-order valence-electron chi connectivity index (χ3n) is 7.21. The molecule has 1 amide bonds. The molecule has 37 heavy (non-hydrogen) atoms. The maximum Gasteiger partial charge on any atom is 0.272 e. The minimum absolute atomic E-state index is 0.0122. The highest BCUT2D eigenvalue weighted by molar-refractivity contribution is 6.76. The van der Waals surface area contributed by atoms with Gasteiger partial charge >= 0.3 is 0 Å². The van der Waals surface area contributed by atoms with Crippen molar-refractivity contribution in [3.63, 3.8) is 0 Å². The van der Waals surface area contributed by atoms with Crippen molar-refractivity contribution in [1.29, 1.82) is 0 Å². The van der Waals surface area contributed by atoms with E-state index in [0.717, 1.165) is 41.6 Å². The van der Waals surface area contributed by atoms with Crippen molar-refractivity contribution in [2.75, 3.05) is 19.7 Å². The molecule has 3 N–H and O–H groups in total. The lowest BCUT2D eigenvalue weighted by Crippen LogP contribution is -2.46. The van der Waals surface area contributed by atoms with Gasteiger partial charge in [-0.25, -0.2) is 0 Å². The van der Waals surface area contributed by atoms with Crippen LogP contribution < -0.4 is 5.32 Å². The van der Waals surface area contributed by atoms with Gasteiger partial charge in [0.25, 0.3) is 9.70 Å². The predicted molar refractivity (Wildman–Crippen MR) is 143 cm³/mol. The summed E-state index contributed by atoms with van der Waals surface area (Å²) in [6.07, 6.45) is 1.13. The Kier molecular flexibility index (Phi) is 9.75. The summed E-state index contributed by atoms with van der Waals surface area (Å²) in [5, 5.41) is 21.9. The lowest BCUT2D eigenvalue weighted by Gasteiger charge is -2.43. The molecule has 2 fully saturated rings. The summed E-state index contributed by atoms with van der Waals surface area (Å²) < 4.78 is 11.0. The van der Waals surface area contributed by atoms with Gasteiger partial charge in [0.2, 0.25) is 0 Å². The van der Waals surface area contributed by atoms with E-state index in [1.165, 1.54) is 0 Å². The molecule has 2 saturated heterocycles. The number of hydrogen-bond donors (Lipinski definition) is 3. The number of aliphatic hydroxyl groups excluding tert-OH is 2. The number of nitrogens with zero attached hydrogens (tertiary/aromatic N) is 1. The van der Waals surface area contributed by atoms with E-state index in [-0.39, 0.29) is 43.9 Å². The van der Waals surface area contributed by atoms with E-state index in [4.69, 9.17) is 44.3 Å². The Hall–Kier alpha value is -1.42. The van der Waals surface area contributed by atoms with E-state index in [1.54, 1.807) is 0 Å². The topological polar surface area (TPSA) is 91.3 Å². The molecular weight excluding hydrogens is 539 g/mol. The van der Waals surface area contributed by atoms with Crippen molar-refractivity contribution >= 4 is 40.7 Å². The molecule has 10 heteroatoms. The van der Waals surface area contributed by atoms with Gasteiger partial charge in [-0.1, -0.05) is 90.3 Å². The van der Waals surface area contributed by atoms with Crippen molar-refractivity contribution in [2.24, 2.45) is 5.92 Å². The van der Waals surface area contributed by atoms with E-state index < -0.39 is 16.0 Å². The summed E-state index contributed by atoms with van der Waals surface area (Å²) >= 11 is 16.9. The number of rotatable bonds is 8. The Balaban J connectivity index is 1.52. The number of aliphatic hydroxyl groups is 2. The molecular formula is C27H33Cl3N2O5. The van der Waals surface area contributed by atoms with Crippen LogP contribution in [0, 0.1) is 5.92 Å². The van der Waals surface area contributed by atoms with Crippen LogP contribution >= 0.6 is 34.8 Å². The Morgan fingerprint density at radius 2 is 1.68 bits per heavy atom. The van der Waals surface area contributed by atoms with Gasteiger partial charge in [-0.15, -0.1) is 0 Å². The highest BCUT2D eigenvalue weighted by Crippen LogP contribution is 2.42. The summed E-state index contributed by atoms with van der Waals surface area (Å²) in [6.45, 7) is 4.12. The summed E-state index contributed by atoms with van der Waals surface area (Å²) in [5.41, 5.74) is 3.56. The molecule has 5 atom stereocenters. The molecule has 0 spiro atoms. The van der Waals surface area contributed by atoms with Crippen LogP contribution in [0.5, 0.6) is 0 Å². The van der Waals surface area contributed by atoms with Gasteiger partial charge in [0.05, 0.1) is 25.4 Å². The number of ether oxygens (including phenoxy) is 2. The van der Waals surface area contributed by atoms with Gasteiger partial charge in [0.1, 0.15) is 0 Å². The third-order valence-corrected chi connectivity index (χ3v) is 7.73. The van der Waals surface area contributed by atoms with Crippen molar-refractivity contribution < 1.29 is 24.5 Å². The molecule has 2 aromatic carbocycles. The second-order valence-electron chi connectivity index (χ2n) is 9.72. The van der Waals surface area contributed by atoms with Crippen LogP contribution in [0.1, 0.15) is 54.4 Å². The molecule has 2 aliphatic heterocycles. The minimum Gasteiger partial charge on any atom is -0.395 e. The molecule has 2 heterocycles. The number of halogens is 3. The number of alkyl halides is 3. The number of likely N-dealkylation sites (tertiary alicyclic amines) is 1. The number of amides is 1. The molecule has 0 radical (unpaired) electrons. The third kappa shape index (κ3) is 7.16. The van der Waals surface area contributed by atoms with Crippen LogP contribution in [-0.4, -0.2) is 56.7 Å². The average Bonchev–Trinajstić information content (AvgIpc) is 3.35. The van der Waals surface area contributed by atoms with Gasteiger partial charge in [-0.2, -0.15) is 0 Å². The van der Waals surface area contributed by atoms with Crippen LogP contribution in [0.25, 0.3) is 0 Å². The SMILES string of the molecule is C[C@@H]1[C@H](CN2CCC[C@H]2CO)O[C@H](c2ccc(CNC(=O)C(Cl)(Cl)Cl)cc2)O[C@@H]1c1ccc(CO)cc1. The normalized spacial score (nSPS) is 26.8. The Labute approximate surface area is 232 Å². The summed E-state index contributed by atoms with van der Waals surface area (Å²) in [7, 11) is 0. The van der Waals surface area contributed by atoms with E-state index in [9.17, 15) is 15.0 Å². The Morgan fingerprint density at radius 1 is 1.03 bits per heavy atom. The first kappa shape index (κ1) is 28.6. The van der Waals surface area contributed by atoms with Gasteiger partial charge in [-0.05, 0) is 36.1 Å². The van der Waals surface area contributed by atoms with Crippen LogP contribution in [0.4, 0.5) is 0 Å². The average molecular weight is 572 g/mol. The number of benzene rings is 2. The monoisotopic (exact) mass is 570 g/mol. The highest BCUT2D eigenvalue weighted by atomic mass is 35.6. The second kappa shape index (κ2) is 12.6. The lowest BCUT2D eigenvalue weighted by molar-refractivity contribution is -0.276. The first-order valence-corrected chi connectivity index (χ1v) is 13.6. The zero-order chi connectivity index (χ0) is 26.6. The first-order chi connectivity index (χ1) is 17.7. The van der Waals surface area contributed by atoms with Gasteiger partial charge in [0.15, 0.2) is 6.29 Å². The van der Waals surface area contributed by atoms with E-state index >= 15 is 0 Å². The second-order valence-corrected chi connectivity index (χ2v) is 12.0. The van der Waals surface area contributed by atoms with Gasteiger partial charge in [-0.3, -0.25) is 9.69 Å².